The van der Waals surface area contributed by atoms with E-state index in [9.17, 15) is 4.39 Å². The smallest absolute Gasteiger partial charge is 0.191 e. The molecule has 0 atom stereocenters. The third-order valence-corrected chi connectivity index (χ3v) is 4.36. The van der Waals surface area contributed by atoms with Crippen molar-refractivity contribution in [1.29, 1.82) is 0 Å². The Balaban J connectivity index is 1.75. The van der Waals surface area contributed by atoms with Gasteiger partial charge < -0.3 is 20.6 Å². The summed E-state index contributed by atoms with van der Waals surface area (Å²) in [6, 6.07) is 15.1. The van der Waals surface area contributed by atoms with Crippen LogP contribution in [0.4, 0.5) is 10.1 Å². The van der Waals surface area contributed by atoms with Gasteiger partial charge in [0.15, 0.2) is 5.96 Å². The second-order valence-electron chi connectivity index (χ2n) is 6.21. The van der Waals surface area contributed by atoms with Crippen LogP contribution in [0.15, 0.2) is 53.5 Å². The van der Waals surface area contributed by atoms with Crippen LogP contribution in [0, 0.1) is 5.82 Å². The normalized spacial score (nSPS) is 11.3. The lowest BCUT2D eigenvalue weighted by molar-refractivity contribution is 0.275. The van der Waals surface area contributed by atoms with Crippen molar-refractivity contribution in [2.24, 2.45) is 4.99 Å². The number of hydrogen-bond donors (Lipinski definition) is 3. The molecule has 27 heavy (non-hydrogen) atoms. The summed E-state index contributed by atoms with van der Waals surface area (Å²) >= 11 is 0. The zero-order chi connectivity index (χ0) is 19.5. The van der Waals surface area contributed by atoms with Crippen LogP contribution in [0.25, 0.3) is 0 Å². The number of aliphatic imine (C=N–C) groups is 1. The van der Waals surface area contributed by atoms with Crippen LogP contribution >= 0.6 is 0 Å². The first kappa shape index (κ1) is 20.7. The highest BCUT2D eigenvalue weighted by atomic mass is 19.1. The molecule has 0 amide bonds. The van der Waals surface area contributed by atoms with Crippen molar-refractivity contribution in [2.45, 2.75) is 26.5 Å². The molecule has 0 unspecified atom stereocenters. The number of rotatable bonds is 9. The minimum atomic E-state index is -0.386. The molecule has 0 aromatic heterocycles. The zero-order valence-corrected chi connectivity index (χ0v) is 16.1. The first-order valence-corrected chi connectivity index (χ1v) is 9.30. The van der Waals surface area contributed by atoms with E-state index in [0.717, 1.165) is 31.6 Å². The fourth-order valence-corrected chi connectivity index (χ4v) is 2.85. The van der Waals surface area contributed by atoms with Gasteiger partial charge >= 0.3 is 0 Å². The summed E-state index contributed by atoms with van der Waals surface area (Å²) in [4.78, 5) is 6.56. The van der Waals surface area contributed by atoms with Gasteiger partial charge in [-0.15, -0.1) is 0 Å². The average Bonchev–Trinajstić information content (AvgIpc) is 2.72. The Kier molecular flexibility index (Phi) is 8.58. The molecule has 6 heteroatoms. The van der Waals surface area contributed by atoms with Gasteiger partial charge in [-0.2, -0.15) is 0 Å². The number of guanidine groups is 1. The van der Waals surface area contributed by atoms with Crippen molar-refractivity contribution in [3.63, 3.8) is 0 Å². The van der Waals surface area contributed by atoms with Gasteiger partial charge in [0, 0.05) is 44.5 Å². The Morgan fingerprint density at radius 1 is 1.15 bits per heavy atom. The summed E-state index contributed by atoms with van der Waals surface area (Å²) in [7, 11) is 1.72. The molecule has 2 aromatic rings. The van der Waals surface area contributed by atoms with E-state index in [1.807, 2.05) is 6.07 Å². The van der Waals surface area contributed by atoms with Gasteiger partial charge in [0.25, 0.3) is 0 Å². The van der Waals surface area contributed by atoms with E-state index < -0.39 is 0 Å². The predicted octanol–water partition coefficient (Wildman–Crippen LogP) is 2.90. The lowest BCUT2D eigenvalue weighted by atomic mass is 10.1. The summed E-state index contributed by atoms with van der Waals surface area (Å²) in [5, 5.41) is 15.7. The van der Waals surface area contributed by atoms with Gasteiger partial charge in [-0.05, 0) is 43.2 Å². The molecule has 0 spiro atoms. The molecule has 0 heterocycles. The SMILES string of the molecule is CCN(CCCNC(=NC)NCc1ccc(F)c(CO)c1)c1ccccc1. The topological polar surface area (TPSA) is 59.9 Å². The molecule has 0 fully saturated rings. The zero-order valence-electron chi connectivity index (χ0n) is 16.1. The lowest BCUT2D eigenvalue weighted by Gasteiger charge is -2.23. The van der Waals surface area contributed by atoms with Crippen LogP contribution in [0.2, 0.25) is 0 Å². The standard InChI is InChI=1S/C21H29FN4O/c1-3-26(19-8-5-4-6-9-19)13-7-12-24-21(23-2)25-15-17-10-11-20(22)18(14-17)16-27/h4-6,8-11,14,27H,3,7,12-13,15-16H2,1-2H3,(H2,23,24,25). The molecule has 0 saturated heterocycles. The summed E-state index contributed by atoms with van der Waals surface area (Å²) in [5.74, 6) is 0.315. The molecule has 2 rings (SSSR count). The van der Waals surface area contributed by atoms with Crippen LogP contribution in [-0.2, 0) is 13.2 Å². The van der Waals surface area contributed by atoms with Gasteiger partial charge in [0.1, 0.15) is 5.82 Å². The van der Waals surface area contributed by atoms with E-state index in [0.29, 0.717) is 18.1 Å². The van der Waals surface area contributed by atoms with Crippen molar-refractivity contribution in [3.8, 4) is 0 Å². The Hall–Kier alpha value is -2.60. The van der Waals surface area contributed by atoms with Crippen LogP contribution in [0.3, 0.4) is 0 Å². The minimum Gasteiger partial charge on any atom is -0.392 e. The maximum Gasteiger partial charge on any atom is 0.191 e. The maximum absolute atomic E-state index is 13.4. The molecule has 0 aliphatic carbocycles. The third-order valence-electron chi connectivity index (χ3n) is 4.36. The highest BCUT2D eigenvalue weighted by Crippen LogP contribution is 2.13. The number of aliphatic hydroxyl groups is 1. The number of anilines is 1. The van der Waals surface area contributed by atoms with Crippen molar-refractivity contribution in [3.05, 3.63) is 65.5 Å². The van der Waals surface area contributed by atoms with Crippen molar-refractivity contribution >= 4 is 11.6 Å². The Morgan fingerprint density at radius 2 is 1.93 bits per heavy atom. The molecule has 0 saturated carbocycles. The summed E-state index contributed by atoms with van der Waals surface area (Å²) in [6.07, 6.45) is 0.981. The number of benzene rings is 2. The molecule has 146 valence electrons. The number of para-hydroxylation sites is 1. The quantitative estimate of drug-likeness (QED) is 0.360. The Labute approximate surface area is 160 Å². The number of halogens is 1. The van der Waals surface area contributed by atoms with Crippen molar-refractivity contribution in [2.75, 3.05) is 31.6 Å². The molecule has 3 N–H and O–H groups in total. The fraction of sp³-hybridized carbons (Fsp3) is 0.381. The van der Waals surface area contributed by atoms with Crippen LogP contribution < -0.4 is 15.5 Å². The molecular formula is C21H29FN4O. The first-order chi connectivity index (χ1) is 13.2. The van der Waals surface area contributed by atoms with E-state index in [1.165, 1.54) is 11.8 Å². The highest BCUT2D eigenvalue weighted by Gasteiger charge is 2.05. The molecule has 2 aromatic carbocycles. The molecule has 5 nitrogen and oxygen atoms in total. The van der Waals surface area contributed by atoms with Gasteiger partial charge in [-0.25, -0.2) is 4.39 Å². The average molecular weight is 372 g/mol. The van der Waals surface area contributed by atoms with Crippen LogP contribution in [0.5, 0.6) is 0 Å². The van der Waals surface area contributed by atoms with Crippen molar-refractivity contribution < 1.29 is 9.50 Å². The fourth-order valence-electron chi connectivity index (χ4n) is 2.85. The molecule has 0 aliphatic rings. The van der Waals surface area contributed by atoms with Gasteiger partial charge in [0.05, 0.1) is 6.61 Å². The second kappa shape index (κ2) is 11.2. The van der Waals surface area contributed by atoms with Gasteiger partial charge in [-0.3, -0.25) is 4.99 Å². The van der Waals surface area contributed by atoms with E-state index in [-0.39, 0.29) is 12.4 Å². The molecular weight excluding hydrogens is 343 g/mol. The van der Waals surface area contributed by atoms with E-state index in [2.05, 4.69) is 51.7 Å². The highest BCUT2D eigenvalue weighted by molar-refractivity contribution is 5.79. The molecule has 0 bridgehead atoms. The lowest BCUT2D eigenvalue weighted by Crippen LogP contribution is -2.38. The maximum atomic E-state index is 13.4. The van der Waals surface area contributed by atoms with E-state index in [1.54, 1.807) is 19.2 Å². The summed E-state index contributed by atoms with van der Waals surface area (Å²) < 4.78 is 13.4. The summed E-state index contributed by atoms with van der Waals surface area (Å²) in [5.41, 5.74) is 2.43. The number of nitrogens with zero attached hydrogens (tertiary/aromatic N) is 2. The Morgan fingerprint density at radius 3 is 2.59 bits per heavy atom. The molecule has 0 radical (unpaired) electrons. The largest absolute Gasteiger partial charge is 0.392 e. The van der Waals surface area contributed by atoms with Crippen LogP contribution in [-0.4, -0.2) is 37.7 Å². The third kappa shape index (κ3) is 6.57. The predicted molar refractivity (Wildman–Crippen MR) is 109 cm³/mol. The van der Waals surface area contributed by atoms with Gasteiger partial charge in [0.2, 0.25) is 0 Å². The van der Waals surface area contributed by atoms with E-state index in [4.69, 9.17) is 5.11 Å². The van der Waals surface area contributed by atoms with E-state index >= 15 is 0 Å². The van der Waals surface area contributed by atoms with Gasteiger partial charge in [-0.1, -0.05) is 24.3 Å². The second-order valence-corrected chi connectivity index (χ2v) is 6.21. The van der Waals surface area contributed by atoms with Crippen molar-refractivity contribution in [1.82, 2.24) is 10.6 Å². The number of nitrogens with one attached hydrogen (secondary N) is 2. The summed E-state index contributed by atoms with van der Waals surface area (Å²) in [6.45, 7) is 5.09. The minimum absolute atomic E-state index is 0.304. The first-order valence-electron chi connectivity index (χ1n) is 9.30. The van der Waals surface area contributed by atoms with Crippen LogP contribution in [0.1, 0.15) is 24.5 Å². The Bertz CT molecular complexity index is 721. The number of hydrogen-bond acceptors (Lipinski definition) is 3. The monoisotopic (exact) mass is 372 g/mol. The number of aliphatic hydroxyl groups excluding tert-OH is 1. The molecule has 0 aliphatic heterocycles.